The van der Waals surface area contributed by atoms with Crippen LogP contribution in [0, 0.1) is 0 Å². The smallest absolute Gasteiger partial charge is 0.319 e. The second kappa shape index (κ2) is 7.11. The third-order valence-corrected chi connectivity index (χ3v) is 4.56. The maximum atomic E-state index is 11.3. The van der Waals surface area contributed by atoms with Crippen molar-refractivity contribution in [1.29, 1.82) is 0 Å². The van der Waals surface area contributed by atoms with Crippen LogP contribution in [0.2, 0.25) is 0 Å². The molecular formula is C17H24N2O3. The van der Waals surface area contributed by atoms with Gasteiger partial charge in [0.2, 0.25) is 0 Å². The van der Waals surface area contributed by atoms with Crippen molar-refractivity contribution in [3.8, 4) is 5.75 Å². The summed E-state index contributed by atoms with van der Waals surface area (Å²) in [6, 6.07) is 9.17. The third kappa shape index (κ3) is 3.59. The number of esters is 1. The first-order chi connectivity index (χ1) is 10.8. The van der Waals surface area contributed by atoms with E-state index in [2.05, 4.69) is 22.3 Å². The van der Waals surface area contributed by atoms with Gasteiger partial charge in [-0.05, 0) is 18.9 Å². The molecule has 2 aliphatic rings. The molecule has 2 aliphatic heterocycles. The number of nitrogens with zero attached hydrogens (tertiary/aromatic N) is 1. The van der Waals surface area contributed by atoms with Gasteiger partial charge in [0, 0.05) is 37.2 Å². The van der Waals surface area contributed by atoms with Crippen LogP contribution >= 0.6 is 0 Å². The molecule has 0 radical (unpaired) electrons. The summed E-state index contributed by atoms with van der Waals surface area (Å²) in [7, 11) is 1.44. The highest BCUT2D eigenvalue weighted by Gasteiger charge is 2.26. The Kier molecular flexibility index (Phi) is 4.95. The summed E-state index contributed by atoms with van der Waals surface area (Å²) in [4.78, 5) is 13.5. The summed E-state index contributed by atoms with van der Waals surface area (Å²) in [5, 5.41) is 3.78. The van der Waals surface area contributed by atoms with Crippen molar-refractivity contribution < 1.29 is 14.3 Å². The van der Waals surface area contributed by atoms with E-state index in [-0.39, 0.29) is 5.97 Å². The van der Waals surface area contributed by atoms with E-state index in [9.17, 15) is 4.79 Å². The number of nitrogens with one attached hydrogen (secondary N) is 1. The Morgan fingerprint density at radius 1 is 1.32 bits per heavy atom. The number of likely N-dealkylation sites (tertiary alicyclic amines) is 1. The number of methoxy groups -OCH3 is 1. The maximum absolute atomic E-state index is 11.3. The summed E-state index contributed by atoms with van der Waals surface area (Å²) in [5.41, 5.74) is 1.27. The molecule has 1 N–H and O–H groups in total. The molecule has 1 atom stereocenters. The van der Waals surface area contributed by atoms with Gasteiger partial charge in [-0.25, -0.2) is 0 Å². The molecule has 1 aromatic rings. The number of benzene rings is 1. The summed E-state index contributed by atoms with van der Waals surface area (Å²) in [6.07, 6.45) is 3.15. The van der Waals surface area contributed by atoms with E-state index in [0.717, 1.165) is 44.7 Å². The number of piperidine rings is 1. The zero-order valence-corrected chi connectivity index (χ0v) is 13.1. The molecule has 3 rings (SSSR count). The molecular weight excluding hydrogens is 280 g/mol. The van der Waals surface area contributed by atoms with E-state index >= 15 is 0 Å². The molecule has 1 saturated heterocycles. The number of carbonyl (C=O) groups excluding carboxylic acids is 1. The number of para-hydroxylation sites is 1. The molecule has 0 spiro atoms. The Balaban J connectivity index is 1.52. The summed E-state index contributed by atoms with van der Waals surface area (Å²) < 4.78 is 10.4. The van der Waals surface area contributed by atoms with E-state index in [1.54, 1.807) is 0 Å². The van der Waals surface area contributed by atoms with Gasteiger partial charge in [-0.1, -0.05) is 18.2 Å². The highest BCUT2D eigenvalue weighted by molar-refractivity contribution is 5.71. The van der Waals surface area contributed by atoms with Crippen LogP contribution in [0.5, 0.6) is 5.75 Å². The molecule has 0 aromatic heterocycles. The molecule has 1 aromatic carbocycles. The zero-order valence-electron chi connectivity index (χ0n) is 13.1. The van der Waals surface area contributed by atoms with E-state index in [1.165, 1.54) is 12.7 Å². The fourth-order valence-electron chi connectivity index (χ4n) is 3.30. The van der Waals surface area contributed by atoms with Crippen molar-refractivity contribution in [2.24, 2.45) is 0 Å². The van der Waals surface area contributed by atoms with Crippen molar-refractivity contribution in [1.82, 2.24) is 10.2 Å². The molecule has 1 fully saturated rings. The molecule has 0 unspecified atom stereocenters. The monoisotopic (exact) mass is 304 g/mol. The molecule has 0 bridgehead atoms. The van der Waals surface area contributed by atoms with Crippen LogP contribution in [0.3, 0.4) is 0 Å². The minimum atomic E-state index is -0.148. The van der Waals surface area contributed by atoms with Crippen LogP contribution in [0.4, 0.5) is 0 Å². The zero-order chi connectivity index (χ0) is 15.4. The van der Waals surface area contributed by atoms with Gasteiger partial charge < -0.3 is 14.8 Å². The number of fused-ring (bicyclic) bond motifs is 1. The second-order valence-corrected chi connectivity index (χ2v) is 6.02. The lowest BCUT2D eigenvalue weighted by Gasteiger charge is -2.35. The number of rotatable bonds is 4. The van der Waals surface area contributed by atoms with Gasteiger partial charge in [0.1, 0.15) is 5.75 Å². The Morgan fingerprint density at radius 3 is 2.86 bits per heavy atom. The SMILES string of the molecule is COC(=O)CN1CCC(N[C@@H]2CCOc3ccccc32)CC1. The van der Waals surface area contributed by atoms with Crippen LogP contribution in [0.25, 0.3) is 0 Å². The van der Waals surface area contributed by atoms with Gasteiger partial charge >= 0.3 is 5.97 Å². The predicted molar refractivity (Wildman–Crippen MR) is 83.9 cm³/mol. The Bertz CT molecular complexity index is 512. The van der Waals surface area contributed by atoms with Gasteiger partial charge in [0.15, 0.2) is 0 Å². The Labute approximate surface area is 131 Å². The van der Waals surface area contributed by atoms with Crippen LogP contribution in [0.1, 0.15) is 30.9 Å². The largest absolute Gasteiger partial charge is 0.493 e. The number of ether oxygens (including phenoxy) is 2. The fraction of sp³-hybridized carbons (Fsp3) is 0.588. The molecule has 0 aliphatic carbocycles. The standard InChI is InChI=1S/C17H24N2O3/c1-21-17(20)12-19-9-6-13(7-10-19)18-15-8-11-22-16-5-3-2-4-14(15)16/h2-5,13,15,18H,6-12H2,1H3/t15-/m1/s1. The minimum Gasteiger partial charge on any atom is -0.493 e. The van der Waals surface area contributed by atoms with Gasteiger partial charge in [-0.3, -0.25) is 9.69 Å². The highest BCUT2D eigenvalue weighted by atomic mass is 16.5. The predicted octanol–water partition coefficient (Wildman–Crippen LogP) is 1.74. The van der Waals surface area contributed by atoms with Gasteiger partial charge in [-0.15, -0.1) is 0 Å². The number of hydrogen-bond donors (Lipinski definition) is 1. The number of hydrogen-bond acceptors (Lipinski definition) is 5. The van der Waals surface area contributed by atoms with Crippen LogP contribution in [0.15, 0.2) is 24.3 Å². The molecule has 2 heterocycles. The Morgan fingerprint density at radius 2 is 2.09 bits per heavy atom. The first kappa shape index (κ1) is 15.3. The van der Waals surface area contributed by atoms with Crippen molar-refractivity contribution in [3.05, 3.63) is 29.8 Å². The summed E-state index contributed by atoms with van der Waals surface area (Å²) in [5.74, 6) is 0.860. The molecule has 22 heavy (non-hydrogen) atoms. The highest BCUT2D eigenvalue weighted by Crippen LogP contribution is 2.32. The van der Waals surface area contributed by atoms with Crippen molar-refractivity contribution in [2.45, 2.75) is 31.3 Å². The van der Waals surface area contributed by atoms with Crippen LogP contribution in [-0.4, -0.2) is 50.3 Å². The lowest BCUT2D eigenvalue weighted by molar-refractivity contribution is -0.142. The topological polar surface area (TPSA) is 50.8 Å². The quantitative estimate of drug-likeness (QED) is 0.859. The normalized spacial score (nSPS) is 22.7. The molecule has 0 saturated carbocycles. The van der Waals surface area contributed by atoms with Crippen LogP contribution in [-0.2, 0) is 9.53 Å². The number of carbonyl (C=O) groups is 1. The summed E-state index contributed by atoms with van der Waals surface area (Å²) >= 11 is 0. The van der Waals surface area contributed by atoms with E-state index in [4.69, 9.17) is 9.47 Å². The van der Waals surface area contributed by atoms with Crippen LogP contribution < -0.4 is 10.1 Å². The molecule has 120 valence electrons. The van der Waals surface area contributed by atoms with Crippen molar-refractivity contribution >= 4 is 5.97 Å². The van der Waals surface area contributed by atoms with E-state index in [1.807, 2.05) is 12.1 Å². The fourth-order valence-corrected chi connectivity index (χ4v) is 3.30. The van der Waals surface area contributed by atoms with Gasteiger partial charge in [-0.2, -0.15) is 0 Å². The average Bonchev–Trinajstić information content (AvgIpc) is 2.57. The van der Waals surface area contributed by atoms with Crippen molar-refractivity contribution in [2.75, 3.05) is 33.4 Å². The third-order valence-electron chi connectivity index (χ3n) is 4.56. The minimum absolute atomic E-state index is 0.148. The molecule has 5 nitrogen and oxygen atoms in total. The average molecular weight is 304 g/mol. The summed E-state index contributed by atoms with van der Waals surface area (Å²) in [6.45, 7) is 3.06. The van der Waals surface area contributed by atoms with E-state index < -0.39 is 0 Å². The molecule has 5 heteroatoms. The lowest BCUT2D eigenvalue weighted by Crippen LogP contribution is -2.45. The first-order valence-electron chi connectivity index (χ1n) is 8.03. The maximum Gasteiger partial charge on any atom is 0.319 e. The first-order valence-corrected chi connectivity index (χ1v) is 8.03. The Hall–Kier alpha value is -1.59. The van der Waals surface area contributed by atoms with Crippen molar-refractivity contribution in [3.63, 3.8) is 0 Å². The second-order valence-electron chi connectivity index (χ2n) is 6.02. The van der Waals surface area contributed by atoms with E-state index in [0.29, 0.717) is 18.6 Å². The van der Waals surface area contributed by atoms with Gasteiger partial charge in [0.05, 0.1) is 20.3 Å². The van der Waals surface area contributed by atoms with Gasteiger partial charge in [0.25, 0.3) is 0 Å². The lowest BCUT2D eigenvalue weighted by atomic mass is 9.97. The molecule has 0 amide bonds.